The smallest absolute Gasteiger partial charge is 0.270 e. The molecule has 1 heterocycles. The molecule has 0 atom stereocenters. The molecule has 1 aromatic heterocycles. The summed E-state index contributed by atoms with van der Waals surface area (Å²) in [5.74, 6) is 0.447. The number of alkyl halides is 3. The van der Waals surface area contributed by atoms with Crippen LogP contribution < -0.4 is 5.69 Å². The largest absolute Gasteiger partial charge is 0.416 e. The van der Waals surface area contributed by atoms with Gasteiger partial charge in [-0.25, -0.2) is 9.89 Å². The summed E-state index contributed by atoms with van der Waals surface area (Å²) in [6.07, 6.45) is -4.32. The Morgan fingerprint density at radius 1 is 1.30 bits per heavy atom. The molecule has 0 aliphatic carbocycles. The van der Waals surface area contributed by atoms with E-state index in [4.69, 9.17) is 0 Å². The van der Waals surface area contributed by atoms with Crippen LogP contribution in [-0.2, 0) is 18.5 Å². The highest BCUT2D eigenvalue weighted by molar-refractivity contribution is 7.98. The van der Waals surface area contributed by atoms with Crippen molar-refractivity contribution in [2.45, 2.75) is 30.6 Å². The van der Waals surface area contributed by atoms with Gasteiger partial charge in [-0.2, -0.15) is 13.2 Å². The van der Waals surface area contributed by atoms with Crippen LogP contribution in [0.15, 0.2) is 34.2 Å². The van der Waals surface area contributed by atoms with Gasteiger partial charge in [0.15, 0.2) is 5.16 Å². The minimum absolute atomic E-state index is 0.289. The number of rotatable bonds is 4. The molecule has 0 spiro atoms. The van der Waals surface area contributed by atoms with Crippen molar-refractivity contribution < 1.29 is 13.2 Å². The van der Waals surface area contributed by atoms with Crippen LogP contribution in [0.4, 0.5) is 13.2 Å². The van der Waals surface area contributed by atoms with Crippen LogP contribution in [-0.4, -0.2) is 14.8 Å². The van der Waals surface area contributed by atoms with E-state index in [1.807, 2.05) is 6.92 Å². The van der Waals surface area contributed by atoms with Crippen molar-refractivity contribution in [1.82, 2.24) is 14.8 Å². The summed E-state index contributed by atoms with van der Waals surface area (Å²) in [6, 6.07) is 4.95. The zero-order chi connectivity index (χ0) is 14.8. The molecule has 0 radical (unpaired) electrons. The first-order valence-corrected chi connectivity index (χ1v) is 6.84. The lowest BCUT2D eigenvalue weighted by Gasteiger charge is -2.07. The summed E-state index contributed by atoms with van der Waals surface area (Å²) >= 11 is 1.30. The summed E-state index contributed by atoms with van der Waals surface area (Å²) < 4.78 is 38.7. The molecule has 0 bridgehead atoms. The summed E-state index contributed by atoms with van der Waals surface area (Å²) in [5, 5.41) is 6.73. The lowest BCUT2D eigenvalue weighted by Crippen LogP contribution is -2.16. The molecule has 0 fully saturated rings. The van der Waals surface area contributed by atoms with Crippen LogP contribution in [0.25, 0.3) is 0 Å². The van der Waals surface area contributed by atoms with Crippen LogP contribution >= 0.6 is 11.8 Å². The highest BCUT2D eigenvalue weighted by Gasteiger charge is 2.29. The van der Waals surface area contributed by atoms with E-state index in [2.05, 4.69) is 10.2 Å². The fourth-order valence-electron chi connectivity index (χ4n) is 1.63. The average Bonchev–Trinajstić information content (AvgIpc) is 2.76. The van der Waals surface area contributed by atoms with Gasteiger partial charge in [-0.05, 0) is 24.6 Å². The van der Waals surface area contributed by atoms with Crippen molar-refractivity contribution >= 4 is 11.8 Å². The fraction of sp³-hybridized carbons (Fsp3) is 0.333. The van der Waals surface area contributed by atoms with E-state index >= 15 is 0 Å². The number of aromatic amines is 1. The van der Waals surface area contributed by atoms with Crippen molar-refractivity contribution in [3.05, 3.63) is 45.9 Å². The van der Waals surface area contributed by atoms with Crippen LogP contribution in [0, 0.1) is 0 Å². The SMILES string of the molecule is CCn1c(SCc2ccc(C(F)(F)F)cc2)n[nH]c1=O. The van der Waals surface area contributed by atoms with E-state index in [1.54, 1.807) is 0 Å². The Morgan fingerprint density at radius 3 is 2.50 bits per heavy atom. The predicted molar refractivity (Wildman–Crippen MR) is 69.5 cm³/mol. The quantitative estimate of drug-likeness (QED) is 0.884. The Kier molecular flexibility index (Phi) is 4.22. The van der Waals surface area contributed by atoms with E-state index < -0.39 is 11.7 Å². The normalized spacial score (nSPS) is 11.8. The third-order valence-corrected chi connectivity index (χ3v) is 3.74. The van der Waals surface area contributed by atoms with Gasteiger partial charge in [0.1, 0.15) is 0 Å². The number of H-pyrrole nitrogens is 1. The zero-order valence-electron chi connectivity index (χ0n) is 10.6. The van der Waals surface area contributed by atoms with Gasteiger partial charge in [-0.3, -0.25) is 4.57 Å². The topological polar surface area (TPSA) is 50.7 Å². The molecule has 4 nitrogen and oxygen atoms in total. The lowest BCUT2D eigenvalue weighted by molar-refractivity contribution is -0.137. The first kappa shape index (κ1) is 14.7. The Hall–Kier alpha value is -1.70. The van der Waals surface area contributed by atoms with Crippen LogP contribution in [0.5, 0.6) is 0 Å². The third kappa shape index (κ3) is 3.24. The second-order valence-corrected chi connectivity index (χ2v) is 4.98. The average molecular weight is 303 g/mol. The highest BCUT2D eigenvalue weighted by Crippen LogP contribution is 2.30. The molecular formula is C12H12F3N3OS. The third-order valence-electron chi connectivity index (χ3n) is 2.69. The van der Waals surface area contributed by atoms with Gasteiger partial charge in [0.05, 0.1) is 5.56 Å². The van der Waals surface area contributed by atoms with Crippen LogP contribution in [0.1, 0.15) is 18.1 Å². The summed E-state index contributed by atoms with van der Waals surface area (Å²) in [6.45, 7) is 2.31. The van der Waals surface area contributed by atoms with E-state index in [-0.39, 0.29) is 5.69 Å². The van der Waals surface area contributed by atoms with E-state index in [1.165, 1.54) is 28.5 Å². The van der Waals surface area contributed by atoms with Gasteiger partial charge >= 0.3 is 11.9 Å². The monoisotopic (exact) mass is 303 g/mol. The Morgan fingerprint density at radius 2 is 1.95 bits per heavy atom. The van der Waals surface area contributed by atoms with Gasteiger partial charge in [0.2, 0.25) is 0 Å². The summed E-state index contributed by atoms with van der Waals surface area (Å²) in [7, 11) is 0. The molecule has 0 amide bonds. The van der Waals surface area contributed by atoms with Crippen molar-refractivity contribution in [2.24, 2.45) is 0 Å². The fourth-order valence-corrected chi connectivity index (χ4v) is 2.60. The van der Waals surface area contributed by atoms with Gasteiger partial charge in [-0.15, -0.1) is 5.10 Å². The molecule has 0 saturated carbocycles. The number of hydrogen-bond acceptors (Lipinski definition) is 3. The number of aromatic nitrogens is 3. The Bertz CT molecular complexity index is 631. The molecule has 20 heavy (non-hydrogen) atoms. The van der Waals surface area contributed by atoms with Gasteiger partial charge in [-0.1, -0.05) is 23.9 Å². The number of thioether (sulfide) groups is 1. The van der Waals surface area contributed by atoms with E-state index in [0.29, 0.717) is 17.5 Å². The molecule has 0 aliphatic rings. The number of halogens is 3. The molecule has 1 aromatic carbocycles. The maximum Gasteiger partial charge on any atom is 0.416 e. The molecular weight excluding hydrogens is 291 g/mol. The predicted octanol–water partition coefficient (Wildman–Crippen LogP) is 2.90. The lowest BCUT2D eigenvalue weighted by atomic mass is 10.1. The van der Waals surface area contributed by atoms with Gasteiger partial charge in [0.25, 0.3) is 0 Å². The van der Waals surface area contributed by atoms with Gasteiger partial charge < -0.3 is 0 Å². The number of nitrogens with zero attached hydrogens (tertiary/aromatic N) is 2. The number of nitrogens with one attached hydrogen (secondary N) is 1. The van der Waals surface area contributed by atoms with Crippen molar-refractivity contribution in [3.8, 4) is 0 Å². The molecule has 8 heteroatoms. The first-order valence-electron chi connectivity index (χ1n) is 5.86. The van der Waals surface area contributed by atoms with Crippen molar-refractivity contribution in [1.29, 1.82) is 0 Å². The highest BCUT2D eigenvalue weighted by atomic mass is 32.2. The molecule has 108 valence electrons. The minimum Gasteiger partial charge on any atom is -0.270 e. The maximum atomic E-state index is 12.4. The van der Waals surface area contributed by atoms with Crippen LogP contribution in [0.2, 0.25) is 0 Å². The second kappa shape index (κ2) is 5.74. The minimum atomic E-state index is -4.32. The number of benzene rings is 1. The maximum absolute atomic E-state index is 12.4. The van der Waals surface area contributed by atoms with Crippen LogP contribution in [0.3, 0.4) is 0 Å². The molecule has 2 rings (SSSR count). The van der Waals surface area contributed by atoms with E-state index in [0.717, 1.165) is 17.7 Å². The van der Waals surface area contributed by atoms with Gasteiger partial charge in [0, 0.05) is 12.3 Å². The van der Waals surface area contributed by atoms with E-state index in [9.17, 15) is 18.0 Å². The zero-order valence-corrected chi connectivity index (χ0v) is 11.4. The van der Waals surface area contributed by atoms with Crippen molar-refractivity contribution in [2.75, 3.05) is 0 Å². The Balaban J connectivity index is 2.06. The number of hydrogen-bond donors (Lipinski definition) is 1. The molecule has 0 saturated heterocycles. The standard InChI is InChI=1S/C12H12F3N3OS/c1-2-18-10(19)16-17-11(18)20-7-8-3-5-9(6-4-8)12(13,14)15/h3-6H,2,7H2,1H3,(H,16,19). The molecule has 2 aromatic rings. The molecule has 0 unspecified atom stereocenters. The molecule has 1 N–H and O–H groups in total. The summed E-state index contributed by atoms with van der Waals surface area (Å²) in [5.41, 5.74) is -0.222. The Labute approximate surface area is 117 Å². The first-order chi connectivity index (χ1) is 9.41. The summed E-state index contributed by atoms with van der Waals surface area (Å²) in [4.78, 5) is 11.3. The molecule has 0 aliphatic heterocycles. The van der Waals surface area contributed by atoms with Crippen molar-refractivity contribution in [3.63, 3.8) is 0 Å². The second-order valence-electron chi connectivity index (χ2n) is 4.04.